The Kier molecular flexibility index (Phi) is 7.06. The van der Waals surface area contributed by atoms with E-state index >= 15 is 0 Å². The third-order valence-electron chi connectivity index (χ3n) is 3.99. The van der Waals surface area contributed by atoms with Crippen molar-refractivity contribution in [2.75, 3.05) is 24.3 Å². The molecule has 1 unspecified atom stereocenters. The number of hydrogen-bond donors (Lipinski definition) is 2. The van der Waals surface area contributed by atoms with Crippen molar-refractivity contribution in [3.05, 3.63) is 29.8 Å². The first-order valence-electron chi connectivity index (χ1n) is 8.01. The molecule has 22 heavy (non-hydrogen) atoms. The maximum atomic E-state index is 12.1. The quantitative estimate of drug-likeness (QED) is 0.836. The fourth-order valence-corrected chi connectivity index (χ4v) is 3.29. The molecule has 1 aliphatic heterocycles. The maximum absolute atomic E-state index is 12.1. The molecule has 0 aromatic heterocycles. The second-order valence-corrected chi connectivity index (χ2v) is 6.95. The number of benzene rings is 1. The fourth-order valence-electron chi connectivity index (χ4n) is 2.67. The van der Waals surface area contributed by atoms with E-state index in [-0.39, 0.29) is 12.1 Å². The molecule has 5 heteroatoms. The minimum absolute atomic E-state index is 0.126. The molecule has 1 heterocycles. The highest BCUT2D eigenvalue weighted by molar-refractivity contribution is 7.98. The summed E-state index contributed by atoms with van der Waals surface area (Å²) >= 11 is 1.88. The van der Waals surface area contributed by atoms with Gasteiger partial charge in [0.2, 0.25) is 0 Å². The molecule has 0 aliphatic carbocycles. The number of ether oxygens (including phenoxy) is 1. The summed E-state index contributed by atoms with van der Waals surface area (Å²) in [5.74, 6) is 2.58. The molecule has 122 valence electrons. The highest BCUT2D eigenvalue weighted by Gasteiger charge is 2.21. The van der Waals surface area contributed by atoms with E-state index in [0.29, 0.717) is 5.92 Å². The van der Waals surface area contributed by atoms with Crippen LogP contribution in [0.5, 0.6) is 0 Å². The van der Waals surface area contributed by atoms with Crippen molar-refractivity contribution in [1.29, 1.82) is 0 Å². The number of anilines is 1. The minimum Gasteiger partial charge on any atom is -0.381 e. The van der Waals surface area contributed by atoms with E-state index in [1.165, 1.54) is 5.56 Å². The lowest BCUT2D eigenvalue weighted by Crippen LogP contribution is -2.42. The molecule has 2 amide bonds. The molecule has 2 N–H and O–H groups in total. The van der Waals surface area contributed by atoms with Crippen LogP contribution in [0.25, 0.3) is 0 Å². The smallest absolute Gasteiger partial charge is 0.319 e. The van der Waals surface area contributed by atoms with Gasteiger partial charge in [0.1, 0.15) is 0 Å². The lowest BCUT2D eigenvalue weighted by molar-refractivity contribution is 0.0573. The van der Waals surface area contributed by atoms with E-state index < -0.39 is 0 Å². The van der Waals surface area contributed by atoms with Crippen LogP contribution in [0.2, 0.25) is 0 Å². The van der Waals surface area contributed by atoms with Crippen molar-refractivity contribution in [2.45, 2.75) is 38.5 Å². The fraction of sp³-hybridized carbons (Fsp3) is 0.588. The van der Waals surface area contributed by atoms with Crippen LogP contribution < -0.4 is 10.6 Å². The predicted octanol–water partition coefficient (Wildman–Crippen LogP) is 3.88. The topological polar surface area (TPSA) is 50.4 Å². The lowest BCUT2D eigenvalue weighted by atomic mass is 9.93. The van der Waals surface area contributed by atoms with Crippen LogP contribution in [-0.4, -0.2) is 31.0 Å². The first-order valence-corrected chi connectivity index (χ1v) is 9.16. The Bertz CT molecular complexity index is 475. The molecule has 1 aromatic rings. The summed E-state index contributed by atoms with van der Waals surface area (Å²) in [7, 11) is 0. The second-order valence-electron chi connectivity index (χ2n) is 5.67. The average molecular weight is 322 g/mol. The molecule has 1 aliphatic rings. The monoisotopic (exact) mass is 322 g/mol. The summed E-state index contributed by atoms with van der Waals surface area (Å²) in [5, 5.41) is 5.99. The number of hydrogen-bond acceptors (Lipinski definition) is 3. The third-order valence-corrected chi connectivity index (χ3v) is 4.94. The zero-order chi connectivity index (χ0) is 15.8. The van der Waals surface area contributed by atoms with Crippen LogP contribution in [0.3, 0.4) is 0 Å². The SMILES string of the molecule is CCSCc1cccc(NC(=O)NC(C)C2CCOCC2)c1. The van der Waals surface area contributed by atoms with Gasteiger partial charge in [-0.25, -0.2) is 4.79 Å². The van der Waals surface area contributed by atoms with Crippen molar-refractivity contribution in [3.8, 4) is 0 Å². The van der Waals surface area contributed by atoms with E-state index in [9.17, 15) is 4.79 Å². The number of amides is 2. The first-order chi connectivity index (χ1) is 10.7. The van der Waals surface area contributed by atoms with Gasteiger partial charge in [0, 0.05) is 30.7 Å². The average Bonchev–Trinajstić information content (AvgIpc) is 2.54. The number of urea groups is 1. The number of nitrogens with one attached hydrogen (secondary N) is 2. The Balaban J connectivity index is 1.83. The van der Waals surface area contributed by atoms with Crippen molar-refractivity contribution < 1.29 is 9.53 Å². The molecule has 0 bridgehead atoms. The van der Waals surface area contributed by atoms with Crippen LogP contribution in [0.15, 0.2) is 24.3 Å². The molecule has 1 aromatic carbocycles. The third kappa shape index (κ3) is 5.54. The van der Waals surface area contributed by atoms with Gasteiger partial charge in [0.15, 0.2) is 0 Å². The lowest BCUT2D eigenvalue weighted by Gasteiger charge is -2.28. The second kappa shape index (κ2) is 9.06. The van der Waals surface area contributed by atoms with Gasteiger partial charge in [-0.15, -0.1) is 0 Å². The highest BCUT2D eigenvalue weighted by Crippen LogP contribution is 2.19. The van der Waals surface area contributed by atoms with Gasteiger partial charge in [-0.3, -0.25) is 0 Å². The molecule has 4 nitrogen and oxygen atoms in total. The van der Waals surface area contributed by atoms with Crippen LogP contribution in [0.4, 0.5) is 10.5 Å². The molecule has 1 saturated heterocycles. The number of carbonyl (C=O) groups is 1. The summed E-state index contributed by atoms with van der Waals surface area (Å²) in [6, 6.07) is 8.10. The highest BCUT2D eigenvalue weighted by atomic mass is 32.2. The molecular formula is C17H26N2O2S. The van der Waals surface area contributed by atoms with Gasteiger partial charge in [-0.05, 0) is 49.1 Å². The number of thioether (sulfide) groups is 1. The van der Waals surface area contributed by atoms with Crippen molar-refractivity contribution in [1.82, 2.24) is 5.32 Å². The van der Waals surface area contributed by atoms with Crippen molar-refractivity contribution in [2.24, 2.45) is 5.92 Å². The largest absolute Gasteiger partial charge is 0.381 e. The van der Waals surface area contributed by atoms with Crippen LogP contribution >= 0.6 is 11.8 Å². The standard InChI is InChI=1S/C17H26N2O2S/c1-3-22-12-14-5-4-6-16(11-14)19-17(20)18-13(2)15-7-9-21-10-8-15/h4-6,11,13,15H,3,7-10,12H2,1-2H3,(H2,18,19,20). The zero-order valence-electron chi connectivity index (χ0n) is 13.4. The number of rotatable bonds is 6. The van der Waals surface area contributed by atoms with E-state index in [2.05, 4.69) is 30.5 Å². The molecular weight excluding hydrogens is 296 g/mol. The Hall–Kier alpha value is -1.20. The molecule has 0 saturated carbocycles. The van der Waals surface area contributed by atoms with Gasteiger partial charge >= 0.3 is 6.03 Å². The Morgan fingerprint density at radius 2 is 2.18 bits per heavy atom. The summed E-state index contributed by atoms with van der Waals surface area (Å²) < 4.78 is 5.37. The van der Waals surface area contributed by atoms with E-state index in [4.69, 9.17) is 4.74 Å². The van der Waals surface area contributed by atoms with Gasteiger partial charge in [-0.1, -0.05) is 19.1 Å². The van der Waals surface area contributed by atoms with Crippen molar-refractivity contribution in [3.63, 3.8) is 0 Å². The van der Waals surface area contributed by atoms with E-state index in [1.54, 1.807) is 0 Å². The molecule has 0 spiro atoms. The summed E-state index contributed by atoms with van der Waals surface area (Å²) in [5.41, 5.74) is 2.09. The van der Waals surface area contributed by atoms with Crippen LogP contribution in [0, 0.1) is 5.92 Å². The van der Waals surface area contributed by atoms with E-state index in [1.807, 2.05) is 30.0 Å². The minimum atomic E-state index is -0.126. The molecule has 1 fully saturated rings. The first kappa shape index (κ1) is 17.2. The summed E-state index contributed by atoms with van der Waals surface area (Å²) in [4.78, 5) is 12.1. The van der Waals surface area contributed by atoms with Crippen molar-refractivity contribution >= 4 is 23.5 Å². The molecule has 2 rings (SSSR count). The van der Waals surface area contributed by atoms with Crippen LogP contribution in [-0.2, 0) is 10.5 Å². The zero-order valence-corrected chi connectivity index (χ0v) is 14.2. The summed E-state index contributed by atoms with van der Waals surface area (Å²) in [6.45, 7) is 5.83. The number of carbonyl (C=O) groups excluding carboxylic acids is 1. The van der Waals surface area contributed by atoms with Gasteiger partial charge in [-0.2, -0.15) is 11.8 Å². The maximum Gasteiger partial charge on any atom is 0.319 e. The molecule has 0 radical (unpaired) electrons. The van der Waals surface area contributed by atoms with Crippen LogP contribution in [0.1, 0.15) is 32.3 Å². The molecule has 1 atom stereocenters. The summed E-state index contributed by atoms with van der Waals surface area (Å²) in [6.07, 6.45) is 2.04. The predicted molar refractivity (Wildman–Crippen MR) is 93.4 cm³/mol. The normalized spacial score (nSPS) is 17.0. The Morgan fingerprint density at radius 3 is 2.91 bits per heavy atom. The van der Waals surface area contributed by atoms with E-state index in [0.717, 1.165) is 43.2 Å². The van der Waals surface area contributed by atoms with Gasteiger partial charge in [0.25, 0.3) is 0 Å². The Labute approximate surface area is 137 Å². The Morgan fingerprint density at radius 1 is 1.41 bits per heavy atom. The van der Waals surface area contributed by atoms with Gasteiger partial charge in [0.05, 0.1) is 0 Å². The van der Waals surface area contributed by atoms with Gasteiger partial charge < -0.3 is 15.4 Å².